The Morgan fingerprint density at radius 2 is 2.25 bits per heavy atom. The number of hydrogen-bond acceptors (Lipinski definition) is 2. The first-order valence-electron chi connectivity index (χ1n) is 6.17. The molecule has 0 amide bonds. The topological polar surface area (TPSA) is 42.3 Å². The lowest BCUT2D eigenvalue weighted by Gasteiger charge is -2.15. The Hall–Kier alpha value is -0.880. The van der Waals surface area contributed by atoms with Crippen LogP contribution in [0.2, 0.25) is 0 Å². The van der Waals surface area contributed by atoms with Crippen molar-refractivity contribution in [3.05, 3.63) is 40.9 Å². The Morgan fingerprint density at radius 1 is 1.60 bits per heavy atom. The van der Waals surface area contributed by atoms with E-state index in [0.29, 0.717) is 28.7 Å². The van der Waals surface area contributed by atoms with Crippen molar-refractivity contribution >= 4 is 32.6 Å². The van der Waals surface area contributed by atoms with E-state index in [1.165, 1.54) is 6.07 Å². The molecule has 1 unspecified atom stereocenters. The fourth-order valence-electron chi connectivity index (χ4n) is 1.31. The number of nitrogens with zero attached hydrogens (tertiary/aromatic N) is 2. The standard InChI is InChI=1S/C14H18BrFN2OS/c1-5-6-7-12(18-20(19)14(2,3)4)13-11(15)8-10(16)9-17-13/h5,8-9H,1,6-7H2,2-4H3. The zero-order valence-corrected chi connectivity index (χ0v) is 14.2. The van der Waals surface area contributed by atoms with Crippen LogP contribution in [-0.4, -0.2) is 19.7 Å². The van der Waals surface area contributed by atoms with Crippen LogP contribution >= 0.6 is 15.9 Å². The Bertz CT molecular complexity index is 553. The van der Waals surface area contributed by atoms with Gasteiger partial charge in [0.2, 0.25) is 0 Å². The second kappa shape index (κ2) is 7.22. The molecule has 6 heteroatoms. The van der Waals surface area contributed by atoms with Gasteiger partial charge in [-0.05, 0) is 55.6 Å². The Morgan fingerprint density at radius 3 is 2.75 bits per heavy atom. The average Bonchev–Trinajstić information content (AvgIpc) is 2.33. The van der Waals surface area contributed by atoms with Gasteiger partial charge in [0.15, 0.2) is 0 Å². The molecule has 0 saturated carbocycles. The largest absolute Gasteiger partial charge is 0.251 e. The third kappa shape index (κ3) is 4.90. The predicted octanol–water partition coefficient (Wildman–Crippen LogP) is 4.20. The van der Waals surface area contributed by atoms with E-state index >= 15 is 0 Å². The molecule has 1 aromatic rings. The summed E-state index contributed by atoms with van der Waals surface area (Å²) in [6, 6.07) is 1.33. The first-order valence-corrected chi connectivity index (χ1v) is 8.07. The van der Waals surface area contributed by atoms with Crippen molar-refractivity contribution in [1.29, 1.82) is 0 Å². The third-order valence-electron chi connectivity index (χ3n) is 2.38. The highest BCUT2D eigenvalue weighted by Gasteiger charge is 2.21. The van der Waals surface area contributed by atoms with Crippen LogP contribution in [-0.2, 0) is 11.0 Å². The minimum Gasteiger partial charge on any atom is -0.251 e. The van der Waals surface area contributed by atoms with Gasteiger partial charge < -0.3 is 0 Å². The first-order chi connectivity index (χ1) is 9.25. The third-order valence-corrected chi connectivity index (χ3v) is 4.42. The molecule has 110 valence electrons. The highest BCUT2D eigenvalue weighted by Crippen LogP contribution is 2.21. The van der Waals surface area contributed by atoms with Gasteiger partial charge in [0.05, 0.1) is 22.3 Å². The maximum Gasteiger partial charge on any atom is 0.145 e. The SMILES string of the molecule is C=CCCC(=NS(=O)C(C)(C)C)c1ncc(F)cc1Br. The highest BCUT2D eigenvalue weighted by molar-refractivity contribution is 9.10. The summed E-state index contributed by atoms with van der Waals surface area (Å²) in [4.78, 5) is 4.04. The summed E-state index contributed by atoms with van der Waals surface area (Å²) in [6.07, 6.45) is 4.13. The van der Waals surface area contributed by atoms with Crippen molar-refractivity contribution in [2.75, 3.05) is 0 Å². The molecule has 0 N–H and O–H groups in total. The summed E-state index contributed by atoms with van der Waals surface area (Å²) >= 11 is 3.27. The molecule has 0 bridgehead atoms. The van der Waals surface area contributed by atoms with Gasteiger partial charge >= 0.3 is 0 Å². The Kier molecular flexibility index (Phi) is 6.20. The van der Waals surface area contributed by atoms with E-state index in [0.717, 1.165) is 6.20 Å². The van der Waals surface area contributed by atoms with E-state index in [-0.39, 0.29) is 0 Å². The Balaban J connectivity index is 3.21. The molecular weight excluding hydrogens is 343 g/mol. The summed E-state index contributed by atoms with van der Waals surface area (Å²) in [5.41, 5.74) is 1.11. The second-order valence-corrected chi connectivity index (χ2v) is 7.97. The molecule has 1 aromatic heterocycles. The number of rotatable bonds is 5. The van der Waals surface area contributed by atoms with Crippen LogP contribution in [0.3, 0.4) is 0 Å². The number of hydrogen-bond donors (Lipinski definition) is 0. The van der Waals surface area contributed by atoms with Gasteiger partial charge in [-0.1, -0.05) is 6.08 Å². The summed E-state index contributed by atoms with van der Waals surface area (Å²) in [5.74, 6) is -0.430. The summed E-state index contributed by atoms with van der Waals surface area (Å²) in [6.45, 7) is 9.22. The van der Waals surface area contributed by atoms with Crippen molar-refractivity contribution in [3.63, 3.8) is 0 Å². The molecule has 3 nitrogen and oxygen atoms in total. The van der Waals surface area contributed by atoms with Gasteiger partial charge in [0.1, 0.15) is 16.8 Å². The van der Waals surface area contributed by atoms with Crippen molar-refractivity contribution in [2.24, 2.45) is 4.40 Å². The van der Waals surface area contributed by atoms with E-state index in [1.54, 1.807) is 6.08 Å². The number of halogens is 2. The minimum absolute atomic E-state index is 0.430. The zero-order valence-electron chi connectivity index (χ0n) is 11.8. The summed E-state index contributed by atoms with van der Waals surface area (Å²) < 4.78 is 29.6. The molecule has 1 atom stereocenters. The smallest absolute Gasteiger partial charge is 0.145 e. The molecule has 1 rings (SSSR count). The molecule has 0 spiro atoms. The van der Waals surface area contributed by atoms with E-state index in [4.69, 9.17) is 0 Å². The lowest BCUT2D eigenvalue weighted by molar-refractivity contribution is 0.620. The molecule has 20 heavy (non-hydrogen) atoms. The maximum atomic E-state index is 13.1. The molecule has 1 heterocycles. The van der Waals surface area contributed by atoms with Crippen LogP contribution in [0.5, 0.6) is 0 Å². The van der Waals surface area contributed by atoms with Crippen LogP contribution in [0.15, 0.2) is 33.8 Å². The van der Waals surface area contributed by atoms with E-state index in [1.807, 2.05) is 20.8 Å². The second-order valence-electron chi connectivity index (χ2n) is 5.21. The van der Waals surface area contributed by atoms with Crippen LogP contribution < -0.4 is 0 Å². The molecule has 0 aliphatic rings. The molecular formula is C14H18BrFN2OS. The van der Waals surface area contributed by atoms with E-state index < -0.39 is 21.5 Å². The molecule has 0 saturated heterocycles. The molecule has 0 aliphatic carbocycles. The molecule has 0 radical (unpaired) electrons. The van der Waals surface area contributed by atoms with Crippen LogP contribution in [0.1, 0.15) is 39.3 Å². The van der Waals surface area contributed by atoms with Crippen LogP contribution in [0, 0.1) is 5.82 Å². The van der Waals surface area contributed by atoms with Gasteiger partial charge in [-0.3, -0.25) is 4.98 Å². The van der Waals surface area contributed by atoms with Gasteiger partial charge in [0.25, 0.3) is 0 Å². The monoisotopic (exact) mass is 360 g/mol. The highest BCUT2D eigenvalue weighted by atomic mass is 79.9. The molecule has 0 aromatic carbocycles. The lowest BCUT2D eigenvalue weighted by atomic mass is 10.1. The van der Waals surface area contributed by atoms with Gasteiger partial charge in [-0.25, -0.2) is 8.60 Å². The number of pyridine rings is 1. The quantitative estimate of drug-likeness (QED) is 0.583. The molecule has 0 aliphatic heterocycles. The van der Waals surface area contributed by atoms with Gasteiger partial charge in [-0.15, -0.1) is 6.58 Å². The van der Waals surface area contributed by atoms with Gasteiger partial charge in [0, 0.05) is 4.47 Å². The van der Waals surface area contributed by atoms with E-state index in [9.17, 15) is 8.60 Å². The van der Waals surface area contributed by atoms with E-state index in [2.05, 4.69) is 31.9 Å². The summed E-state index contributed by atoms with van der Waals surface area (Å²) in [5, 5.41) is 0. The van der Waals surface area contributed by atoms with Crippen molar-refractivity contribution < 1.29 is 8.60 Å². The van der Waals surface area contributed by atoms with Crippen molar-refractivity contribution in [1.82, 2.24) is 4.98 Å². The van der Waals surface area contributed by atoms with Crippen LogP contribution in [0.4, 0.5) is 4.39 Å². The van der Waals surface area contributed by atoms with Crippen LogP contribution in [0.25, 0.3) is 0 Å². The normalized spacial score (nSPS) is 14.2. The van der Waals surface area contributed by atoms with Gasteiger partial charge in [-0.2, -0.15) is 4.40 Å². The maximum absolute atomic E-state index is 13.1. The number of aromatic nitrogens is 1. The fraction of sp³-hybridized carbons (Fsp3) is 0.429. The Labute approximate surface area is 130 Å². The molecule has 0 fully saturated rings. The minimum atomic E-state index is -1.39. The zero-order chi connectivity index (χ0) is 15.3. The fourth-order valence-corrected chi connectivity index (χ4v) is 2.51. The van der Waals surface area contributed by atoms with Crippen molar-refractivity contribution in [3.8, 4) is 0 Å². The average molecular weight is 361 g/mol. The summed E-state index contributed by atoms with van der Waals surface area (Å²) in [7, 11) is -1.39. The van der Waals surface area contributed by atoms with Crippen molar-refractivity contribution in [2.45, 2.75) is 38.4 Å². The lowest BCUT2D eigenvalue weighted by Crippen LogP contribution is -2.21. The number of allylic oxidation sites excluding steroid dienone is 1. The predicted molar refractivity (Wildman–Crippen MR) is 85.8 cm³/mol. The first kappa shape index (κ1) is 17.2.